The largest absolute Gasteiger partial charge is 0.320 e. The van der Waals surface area contributed by atoms with Crippen molar-refractivity contribution in [2.45, 2.75) is 38.1 Å². The van der Waals surface area contributed by atoms with Crippen molar-refractivity contribution >= 4 is 21.4 Å². The highest BCUT2D eigenvalue weighted by atomic mass is 32.2. The molecular formula is C18H20FN3O3S. The van der Waals surface area contributed by atoms with E-state index in [0.717, 1.165) is 36.9 Å². The van der Waals surface area contributed by atoms with Gasteiger partial charge in [0, 0.05) is 16.9 Å². The Kier molecular flexibility index (Phi) is 4.30. The van der Waals surface area contributed by atoms with Crippen molar-refractivity contribution in [2.75, 3.05) is 16.8 Å². The molecule has 0 saturated carbocycles. The molecule has 2 aliphatic rings. The fourth-order valence-corrected chi connectivity index (χ4v) is 5.53. The quantitative estimate of drug-likeness (QED) is 0.891. The molecule has 0 spiro atoms. The van der Waals surface area contributed by atoms with Crippen molar-refractivity contribution in [1.29, 1.82) is 0 Å². The van der Waals surface area contributed by atoms with Gasteiger partial charge < -0.3 is 5.32 Å². The first-order valence-corrected chi connectivity index (χ1v) is 10.6. The third kappa shape index (κ3) is 3.25. The number of anilines is 1. The lowest BCUT2D eigenvalue weighted by molar-refractivity contribution is 0.102. The first kappa shape index (κ1) is 17.2. The topological polar surface area (TPSA) is 81.1 Å². The maximum Gasteiger partial charge on any atom is 0.276 e. The Morgan fingerprint density at radius 2 is 2.08 bits per heavy atom. The molecule has 26 heavy (non-hydrogen) atoms. The predicted octanol–water partition coefficient (Wildman–Crippen LogP) is 2.51. The summed E-state index contributed by atoms with van der Waals surface area (Å²) in [6.45, 7) is 0. The molecule has 1 saturated heterocycles. The smallest absolute Gasteiger partial charge is 0.276 e. The van der Waals surface area contributed by atoms with Gasteiger partial charge in [-0.05, 0) is 50.3 Å². The number of sulfone groups is 1. The molecule has 2 heterocycles. The van der Waals surface area contributed by atoms with Gasteiger partial charge in [0.25, 0.3) is 5.91 Å². The maximum absolute atomic E-state index is 13.3. The Hall–Kier alpha value is -2.22. The highest BCUT2D eigenvalue weighted by Crippen LogP contribution is 2.31. The summed E-state index contributed by atoms with van der Waals surface area (Å²) in [7, 11) is -3.04. The van der Waals surface area contributed by atoms with E-state index in [2.05, 4.69) is 10.4 Å². The molecule has 138 valence electrons. The number of amides is 1. The number of carbonyl (C=O) groups is 1. The van der Waals surface area contributed by atoms with Crippen molar-refractivity contribution in [3.63, 3.8) is 0 Å². The number of halogens is 1. The molecule has 6 nitrogen and oxygen atoms in total. The molecular weight excluding hydrogens is 357 g/mol. The third-order valence-electron chi connectivity index (χ3n) is 5.06. The number of fused-ring (bicyclic) bond motifs is 1. The van der Waals surface area contributed by atoms with Crippen LogP contribution in [0.1, 0.15) is 47.1 Å². The van der Waals surface area contributed by atoms with Gasteiger partial charge in [-0.2, -0.15) is 5.10 Å². The van der Waals surface area contributed by atoms with Crippen molar-refractivity contribution in [1.82, 2.24) is 9.78 Å². The van der Waals surface area contributed by atoms with E-state index in [4.69, 9.17) is 0 Å². The minimum Gasteiger partial charge on any atom is -0.320 e. The lowest BCUT2D eigenvalue weighted by Crippen LogP contribution is -2.17. The normalized spacial score (nSPS) is 21.3. The van der Waals surface area contributed by atoms with E-state index >= 15 is 0 Å². The summed E-state index contributed by atoms with van der Waals surface area (Å²) in [5, 5.41) is 7.20. The average molecular weight is 377 g/mol. The number of nitrogens with one attached hydrogen (secondary N) is 1. The Bertz CT molecular complexity index is 968. The zero-order valence-corrected chi connectivity index (χ0v) is 15.1. The summed E-state index contributed by atoms with van der Waals surface area (Å²) >= 11 is 0. The number of aromatic nitrogens is 2. The molecule has 0 bridgehead atoms. The lowest BCUT2D eigenvalue weighted by atomic mass is 9.95. The van der Waals surface area contributed by atoms with E-state index in [9.17, 15) is 17.6 Å². The zero-order chi connectivity index (χ0) is 18.3. The summed E-state index contributed by atoms with van der Waals surface area (Å²) in [5.74, 6) is -0.566. The molecule has 0 radical (unpaired) electrons. The second-order valence-electron chi connectivity index (χ2n) is 6.95. The van der Waals surface area contributed by atoms with Crippen molar-refractivity contribution in [3.05, 3.63) is 47.0 Å². The van der Waals surface area contributed by atoms with Crippen molar-refractivity contribution in [3.8, 4) is 0 Å². The Labute approximate surface area is 151 Å². The molecule has 1 fully saturated rings. The van der Waals surface area contributed by atoms with E-state index in [1.54, 1.807) is 10.7 Å². The van der Waals surface area contributed by atoms with Gasteiger partial charge >= 0.3 is 0 Å². The van der Waals surface area contributed by atoms with Gasteiger partial charge in [0.15, 0.2) is 15.5 Å². The van der Waals surface area contributed by atoms with Gasteiger partial charge in [0.05, 0.1) is 17.5 Å². The minimum atomic E-state index is -3.04. The molecule has 1 N–H and O–H groups in total. The van der Waals surface area contributed by atoms with Crippen LogP contribution in [0.5, 0.6) is 0 Å². The summed E-state index contributed by atoms with van der Waals surface area (Å²) in [5.41, 5.74) is 2.57. The number of carbonyl (C=O) groups excluding carboxylic acids is 1. The highest BCUT2D eigenvalue weighted by Gasteiger charge is 2.34. The third-order valence-corrected chi connectivity index (χ3v) is 6.81. The fraction of sp³-hybridized carbons (Fsp3) is 0.444. The van der Waals surface area contributed by atoms with Gasteiger partial charge in [-0.1, -0.05) is 6.07 Å². The van der Waals surface area contributed by atoms with Gasteiger partial charge in [-0.25, -0.2) is 12.8 Å². The first-order chi connectivity index (χ1) is 12.4. The van der Waals surface area contributed by atoms with Crippen molar-refractivity contribution < 1.29 is 17.6 Å². The SMILES string of the molecule is O=C(Nc1cccc(F)c1)c1nn([C@H]2CCS(=O)(=O)C2)c2c1CCCC2. The predicted molar refractivity (Wildman–Crippen MR) is 95.5 cm³/mol. The maximum atomic E-state index is 13.3. The molecule has 1 aromatic carbocycles. The first-order valence-electron chi connectivity index (χ1n) is 8.80. The monoisotopic (exact) mass is 377 g/mol. The van der Waals surface area contributed by atoms with E-state index in [1.807, 2.05) is 0 Å². The van der Waals surface area contributed by atoms with Crippen LogP contribution in [0.2, 0.25) is 0 Å². The number of hydrogen-bond acceptors (Lipinski definition) is 4. The molecule has 1 amide bonds. The van der Waals surface area contributed by atoms with E-state index in [0.29, 0.717) is 17.8 Å². The highest BCUT2D eigenvalue weighted by molar-refractivity contribution is 7.91. The number of benzene rings is 1. The molecule has 1 aliphatic heterocycles. The summed E-state index contributed by atoms with van der Waals surface area (Å²) in [6.07, 6.45) is 4.05. The molecule has 4 rings (SSSR count). The van der Waals surface area contributed by atoms with E-state index in [1.165, 1.54) is 18.2 Å². The number of rotatable bonds is 3. The Morgan fingerprint density at radius 1 is 1.27 bits per heavy atom. The van der Waals surface area contributed by atoms with E-state index < -0.39 is 15.7 Å². The lowest BCUT2D eigenvalue weighted by Gasteiger charge is -2.17. The van der Waals surface area contributed by atoms with Crippen LogP contribution in [0.3, 0.4) is 0 Å². The van der Waals surface area contributed by atoms with Gasteiger partial charge in [-0.15, -0.1) is 0 Å². The van der Waals surface area contributed by atoms with Crippen LogP contribution < -0.4 is 5.32 Å². The van der Waals surface area contributed by atoms with Crippen molar-refractivity contribution in [2.24, 2.45) is 0 Å². The number of nitrogens with zero attached hydrogens (tertiary/aromatic N) is 2. The second kappa shape index (κ2) is 6.50. The Morgan fingerprint density at radius 3 is 2.81 bits per heavy atom. The summed E-state index contributed by atoms with van der Waals surface area (Å²) in [6, 6.07) is 5.51. The standard InChI is InChI=1S/C18H20FN3O3S/c19-12-4-3-5-13(10-12)20-18(23)17-15-6-1-2-7-16(15)22(21-17)14-8-9-26(24,25)11-14/h3-5,10,14H,1-2,6-9,11H2,(H,20,23)/t14-/m0/s1. The van der Waals surface area contributed by atoms with E-state index in [-0.39, 0.29) is 23.5 Å². The van der Waals surface area contributed by atoms with Crippen LogP contribution in [-0.4, -0.2) is 35.6 Å². The van der Waals surface area contributed by atoms with Crippen LogP contribution >= 0.6 is 0 Å². The molecule has 1 atom stereocenters. The molecule has 2 aromatic rings. The molecule has 1 aromatic heterocycles. The Balaban J connectivity index is 1.67. The summed E-state index contributed by atoms with van der Waals surface area (Å²) < 4.78 is 38.8. The molecule has 8 heteroatoms. The van der Waals surface area contributed by atoms with Gasteiger partial charge in [0.2, 0.25) is 0 Å². The second-order valence-corrected chi connectivity index (χ2v) is 9.18. The fourth-order valence-electron chi connectivity index (χ4n) is 3.84. The number of hydrogen-bond donors (Lipinski definition) is 1. The van der Waals surface area contributed by atoms with Gasteiger partial charge in [0.1, 0.15) is 5.82 Å². The zero-order valence-electron chi connectivity index (χ0n) is 14.2. The molecule has 0 unspecified atom stereocenters. The van der Waals surface area contributed by atoms with Gasteiger partial charge in [-0.3, -0.25) is 9.48 Å². The average Bonchev–Trinajstić information content (AvgIpc) is 3.15. The molecule has 1 aliphatic carbocycles. The van der Waals surface area contributed by atoms with Crippen LogP contribution in [0.4, 0.5) is 10.1 Å². The minimum absolute atomic E-state index is 0.0755. The van der Waals surface area contributed by atoms with Crippen LogP contribution in [0, 0.1) is 5.82 Å². The van der Waals surface area contributed by atoms with Crippen LogP contribution in [-0.2, 0) is 22.7 Å². The van der Waals surface area contributed by atoms with Crippen LogP contribution in [0.15, 0.2) is 24.3 Å². The van der Waals surface area contributed by atoms with Crippen LogP contribution in [0.25, 0.3) is 0 Å². The summed E-state index contributed by atoms with van der Waals surface area (Å²) in [4.78, 5) is 12.7.